The molecule has 116 valence electrons. The average molecular weight is 292 g/mol. The highest BCUT2D eigenvalue weighted by Crippen LogP contribution is 2.22. The molecular weight excluding hydrogens is 268 g/mol. The molecule has 0 amide bonds. The number of methoxy groups -OCH3 is 1. The fourth-order valence-corrected chi connectivity index (χ4v) is 3.23. The van der Waals surface area contributed by atoms with Gasteiger partial charge in [-0.3, -0.25) is 9.80 Å². The highest BCUT2D eigenvalue weighted by atomic mass is 16.5. The van der Waals surface area contributed by atoms with Crippen molar-refractivity contribution in [2.75, 3.05) is 53.0 Å². The molecule has 6 nitrogen and oxygen atoms in total. The van der Waals surface area contributed by atoms with Crippen LogP contribution in [-0.4, -0.2) is 72.8 Å². The molecular formula is C15H24N4O2. The third-order valence-electron chi connectivity index (χ3n) is 4.32. The van der Waals surface area contributed by atoms with Gasteiger partial charge in [0.25, 0.3) is 0 Å². The number of rotatable bonds is 5. The first-order valence-corrected chi connectivity index (χ1v) is 7.70. The van der Waals surface area contributed by atoms with E-state index in [0.717, 1.165) is 57.4 Å². The van der Waals surface area contributed by atoms with E-state index in [2.05, 4.69) is 19.8 Å². The highest BCUT2D eigenvalue weighted by molar-refractivity contribution is 5.21. The maximum Gasteiger partial charge on any atom is 0.220 e. The van der Waals surface area contributed by atoms with Crippen LogP contribution in [0.1, 0.15) is 12.0 Å². The second-order valence-corrected chi connectivity index (χ2v) is 5.86. The lowest BCUT2D eigenvalue weighted by atomic mass is 10.1. The Morgan fingerprint density at radius 3 is 2.95 bits per heavy atom. The lowest BCUT2D eigenvalue weighted by Gasteiger charge is -2.29. The van der Waals surface area contributed by atoms with Gasteiger partial charge in [-0.05, 0) is 18.9 Å². The number of likely N-dealkylation sites (tertiary alicyclic amines) is 1. The van der Waals surface area contributed by atoms with Crippen LogP contribution >= 0.6 is 0 Å². The molecule has 3 rings (SSSR count). The Bertz CT molecular complexity index is 451. The van der Waals surface area contributed by atoms with Crippen molar-refractivity contribution in [3.8, 4) is 5.88 Å². The van der Waals surface area contributed by atoms with Crippen LogP contribution in [0.25, 0.3) is 0 Å². The second-order valence-electron chi connectivity index (χ2n) is 5.86. The zero-order valence-electron chi connectivity index (χ0n) is 12.7. The van der Waals surface area contributed by atoms with Crippen LogP contribution in [0, 0.1) is 5.92 Å². The Morgan fingerprint density at radius 1 is 1.29 bits per heavy atom. The fraction of sp³-hybridized carbons (Fsp3) is 0.733. The van der Waals surface area contributed by atoms with E-state index in [9.17, 15) is 0 Å². The van der Waals surface area contributed by atoms with Crippen molar-refractivity contribution in [1.29, 1.82) is 0 Å². The van der Waals surface area contributed by atoms with E-state index in [-0.39, 0.29) is 0 Å². The number of hydrogen-bond donors (Lipinski definition) is 0. The summed E-state index contributed by atoms with van der Waals surface area (Å²) in [5.41, 5.74) is 1.08. The molecule has 0 spiro atoms. The summed E-state index contributed by atoms with van der Waals surface area (Å²) in [6, 6.07) is 0. The molecule has 2 fully saturated rings. The first-order valence-electron chi connectivity index (χ1n) is 7.70. The fourth-order valence-electron chi connectivity index (χ4n) is 3.23. The number of ether oxygens (including phenoxy) is 2. The molecule has 21 heavy (non-hydrogen) atoms. The van der Waals surface area contributed by atoms with E-state index in [1.165, 1.54) is 19.3 Å². The zero-order chi connectivity index (χ0) is 14.5. The number of morpholine rings is 1. The minimum Gasteiger partial charge on any atom is -0.481 e. The van der Waals surface area contributed by atoms with Gasteiger partial charge in [0.15, 0.2) is 0 Å². The third-order valence-corrected chi connectivity index (χ3v) is 4.32. The molecule has 1 atom stereocenters. The molecule has 1 unspecified atom stereocenters. The molecule has 1 aromatic heterocycles. The lowest BCUT2D eigenvalue weighted by Crippen LogP contribution is -2.39. The van der Waals surface area contributed by atoms with Crippen molar-refractivity contribution in [2.45, 2.75) is 13.0 Å². The van der Waals surface area contributed by atoms with Gasteiger partial charge in [-0.2, -0.15) is 0 Å². The number of hydrogen-bond acceptors (Lipinski definition) is 6. The van der Waals surface area contributed by atoms with Gasteiger partial charge in [-0.25, -0.2) is 9.97 Å². The van der Waals surface area contributed by atoms with Crippen LogP contribution in [0.3, 0.4) is 0 Å². The minimum absolute atomic E-state index is 0.696. The van der Waals surface area contributed by atoms with Crippen molar-refractivity contribution in [3.05, 3.63) is 18.1 Å². The second kappa shape index (κ2) is 7.15. The molecule has 6 heteroatoms. The smallest absolute Gasteiger partial charge is 0.220 e. The first kappa shape index (κ1) is 14.7. The van der Waals surface area contributed by atoms with Gasteiger partial charge in [0.2, 0.25) is 5.88 Å². The van der Waals surface area contributed by atoms with Crippen molar-refractivity contribution in [2.24, 2.45) is 5.92 Å². The van der Waals surface area contributed by atoms with Crippen molar-refractivity contribution in [1.82, 2.24) is 19.8 Å². The van der Waals surface area contributed by atoms with Gasteiger partial charge >= 0.3 is 0 Å². The molecule has 0 aliphatic carbocycles. The standard InChI is InChI=1S/C15H24N4O2/c1-20-15-14(8-16-12-17-15)11-19-3-2-13(10-19)9-18-4-6-21-7-5-18/h8,12-13H,2-7,9-11H2,1H3. The highest BCUT2D eigenvalue weighted by Gasteiger charge is 2.25. The predicted octanol–water partition coefficient (Wildman–Crippen LogP) is 0.639. The lowest BCUT2D eigenvalue weighted by molar-refractivity contribution is 0.0311. The Hall–Kier alpha value is -1.24. The summed E-state index contributed by atoms with van der Waals surface area (Å²) < 4.78 is 10.7. The van der Waals surface area contributed by atoms with Gasteiger partial charge in [0, 0.05) is 44.5 Å². The van der Waals surface area contributed by atoms with E-state index in [1.54, 1.807) is 7.11 Å². The van der Waals surface area contributed by atoms with E-state index >= 15 is 0 Å². The first-order chi connectivity index (χ1) is 10.3. The minimum atomic E-state index is 0.696. The SMILES string of the molecule is COc1ncncc1CN1CCC(CN2CCOCC2)C1. The average Bonchev–Trinajstić information content (AvgIpc) is 2.96. The van der Waals surface area contributed by atoms with Crippen LogP contribution < -0.4 is 4.74 Å². The Morgan fingerprint density at radius 2 is 2.14 bits per heavy atom. The summed E-state index contributed by atoms with van der Waals surface area (Å²) in [6.07, 6.45) is 4.67. The van der Waals surface area contributed by atoms with E-state index < -0.39 is 0 Å². The largest absolute Gasteiger partial charge is 0.481 e. The Balaban J connectivity index is 1.50. The summed E-state index contributed by atoms with van der Waals surface area (Å²) in [6.45, 7) is 8.30. The molecule has 0 aromatic carbocycles. The molecule has 2 aliphatic rings. The summed E-state index contributed by atoms with van der Waals surface area (Å²) in [5.74, 6) is 1.46. The normalized spacial score (nSPS) is 24.3. The molecule has 2 aliphatic heterocycles. The van der Waals surface area contributed by atoms with Crippen LogP contribution in [0.2, 0.25) is 0 Å². The maximum atomic E-state index is 5.41. The summed E-state index contributed by atoms with van der Waals surface area (Å²) >= 11 is 0. The molecule has 1 aromatic rings. The van der Waals surface area contributed by atoms with Gasteiger partial charge in [0.1, 0.15) is 6.33 Å². The number of nitrogens with zero attached hydrogens (tertiary/aromatic N) is 4. The third kappa shape index (κ3) is 3.90. The van der Waals surface area contributed by atoms with Crippen molar-refractivity contribution < 1.29 is 9.47 Å². The van der Waals surface area contributed by atoms with Crippen LogP contribution in [0.4, 0.5) is 0 Å². The van der Waals surface area contributed by atoms with Crippen molar-refractivity contribution in [3.63, 3.8) is 0 Å². The van der Waals surface area contributed by atoms with Crippen LogP contribution in [0.15, 0.2) is 12.5 Å². The topological polar surface area (TPSA) is 50.7 Å². The maximum absolute atomic E-state index is 5.41. The Labute approximate surface area is 126 Å². The monoisotopic (exact) mass is 292 g/mol. The van der Waals surface area contributed by atoms with Crippen LogP contribution in [-0.2, 0) is 11.3 Å². The zero-order valence-corrected chi connectivity index (χ0v) is 12.7. The predicted molar refractivity (Wildman–Crippen MR) is 79.2 cm³/mol. The van der Waals surface area contributed by atoms with E-state index in [0.29, 0.717) is 5.88 Å². The molecule has 0 N–H and O–H groups in total. The molecule has 0 saturated carbocycles. The molecule has 0 bridgehead atoms. The van der Waals surface area contributed by atoms with E-state index in [4.69, 9.17) is 9.47 Å². The molecule has 3 heterocycles. The van der Waals surface area contributed by atoms with Gasteiger partial charge in [0.05, 0.1) is 20.3 Å². The van der Waals surface area contributed by atoms with Gasteiger partial charge in [-0.1, -0.05) is 0 Å². The van der Waals surface area contributed by atoms with Crippen LogP contribution in [0.5, 0.6) is 5.88 Å². The number of aromatic nitrogens is 2. The van der Waals surface area contributed by atoms with Crippen molar-refractivity contribution >= 4 is 0 Å². The van der Waals surface area contributed by atoms with E-state index in [1.807, 2.05) is 6.20 Å². The quantitative estimate of drug-likeness (QED) is 0.794. The summed E-state index contributed by atoms with van der Waals surface area (Å²) in [7, 11) is 1.66. The van der Waals surface area contributed by atoms with Gasteiger partial charge in [-0.15, -0.1) is 0 Å². The van der Waals surface area contributed by atoms with Gasteiger partial charge < -0.3 is 9.47 Å². The molecule has 2 saturated heterocycles. The Kier molecular flexibility index (Phi) is 5.00. The summed E-state index contributed by atoms with van der Waals surface area (Å²) in [5, 5.41) is 0. The molecule has 0 radical (unpaired) electrons. The summed E-state index contributed by atoms with van der Waals surface area (Å²) in [4.78, 5) is 13.3.